The lowest BCUT2D eigenvalue weighted by Crippen LogP contribution is -2.23. The van der Waals surface area contributed by atoms with Crippen LogP contribution in [0.4, 0.5) is 5.69 Å². The monoisotopic (exact) mass is 326 g/mol. The van der Waals surface area contributed by atoms with Crippen molar-refractivity contribution in [2.45, 2.75) is 19.9 Å². The lowest BCUT2D eigenvalue weighted by molar-refractivity contribution is 0.0946. The highest BCUT2D eigenvalue weighted by Gasteiger charge is 2.07. The number of nitrogens with one attached hydrogen (secondary N) is 2. The molecule has 0 aliphatic heterocycles. The van der Waals surface area contributed by atoms with E-state index in [1.165, 1.54) is 5.56 Å². The second-order valence-corrected chi connectivity index (χ2v) is 6.19. The van der Waals surface area contributed by atoms with E-state index in [4.69, 9.17) is 0 Å². The van der Waals surface area contributed by atoms with E-state index in [0.717, 1.165) is 30.8 Å². The Hall–Kier alpha value is -2.40. The van der Waals surface area contributed by atoms with Crippen LogP contribution >= 0.6 is 0 Å². The summed E-state index contributed by atoms with van der Waals surface area (Å²) >= 11 is 0. The van der Waals surface area contributed by atoms with Gasteiger partial charge in [0.15, 0.2) is 0 Å². The van der Waals surface area contributed by atoms with Gasteiger partial charge in [0.05, 0.1) is 11.9 Å². The molecule has 1 heterocycles. The Morgan fingerprint density at radius 2 is 2.04 bits per heavy atom. The van der Waals surface area contributed by atoms with Crippen LogP contribution in [0.25, 0.3) is 0 Å². The van der Waals surface area contributed by atoms with Gasteiger partial charge in [-0.2, -0.15) is 0 Å². The van der Waals surface area contributed by atoms with Crippen molar-refractivity contribution < 1.29 is 4.79 Å². The van der Waals surface area contributed by atoms with Gasteiger partial charge in [-0.15, -0.1) is 0 Å². The van der Waals surface area contributed by atoms with Crippen molar-refractivity contribution in [2.75, 3.05) is 32.5 Å². The fraction of sp³-hybridized carbons (Fsp3) is 0.368. The van der Waals surface area contributed by atoms with Crippen molar-refractivity contribution in [3.8, 4) is 0 Å². The lowest BCUT2D eigenvalue weighted by Gasteiger charge is -2.11. The van der Waals surface area contributed by atoms with Crippen LogP contribution in [-0.2, 0) is 6.54 Å². The number of aromatic nitrogens is 1. The molecule has 2 N–H and O–H groups in total. The number of benzene rings is 1. The molecule has 0 radical (unpaired) electrons. The Balaban J connectivity index is 1.80. The summed E-state index contributed by atoms with van der Waals surface area (Å²) in [5.41, 5.74) is 3.64. The predicted octanol–water partition coefficient (Wildman–Crippen LogP) is 2.68. The summed E-state index contributed by atoms with van der Waals surface area (Å²) in [6.07, 6.45) is 2.77. The number of anilines is 1. The van der Waals surface area contributed by atoms with E-state index in [-0.39, 0.29) is 5.91 Å². The minimum absolute atomic E-state index is 0.157. The second kappa shape index (κ2) is 9.03. The van der Waals surface area contributed by atoms with Crippen LogP contribution in [0.5, 0.6) is 0 Å². The first kappa shape index (κ1) is 17.9. The average molecular weight is 326 g/mol. The number of carbonyl (C=O) groups is 1. The maximum Gasteiger partial charge on any atom is 0.270 e. The molecule has 5 heteroatoms. The number of amides is 1. The molecule has 0 saturated carbocycles. The summed E-state index contributed by atoms with van der Waals surface area (Å²) in [5.74, 6) is -0.157. The number of carbonyl (C=O) groups excluding carboxylic acids is 1. The third-order valence-electron chi connectivity index (χ3n) is 3.64. The SMILES string of the molecule is Cc1cccc(CNC(=O)c2ccc(NCCCN(C)C)cn2)c1. The number of pyridine rings is 1. The van der Waals surface area contributed by atoms with Gasteiger partial charge < -0.3 is 15.5 Å². The maximum atomic E-state index is 12.2. The molecule has 128 valence electrons. The minimum atomic E-state index is -0.157. The molecule has 0 aliphatic carbocycles. The maximum absolute atomic E-state index is 12.2. The first-order valence-electron chi connectivity index (χ1n) is 8.23. The molecule has 2 rings (SSSR count). The average Bonchev–Trinajstić information content (AvgIpc) is 2.57. The van der Waals surface area contributed by atoms with Gasteiger partial charge in [0.25, 0.3) is 5.91 Å². The minimum Gasteiger partial charge on any atom is -0.384 e. The fourth-order valence-electron chi connectivity index (χ4n) is 2.36. The van der Waals surface area contributed by atoms with Gasteiger partial charge in [0, 0.05) is 13.1 Å². The third kappa shape index (κ3) is 6.01. The number of hydrogen-bond acceptors (Lipinski definition) is 4. The van der Waals surface area contributed by atoms with Crippen LogP contribution in [-0.4, -0.2) is 43.0 Å². The molecular weight excluding hydrogens is 300 g/mol. The standard InChI is InChI=1S/C19H26N4O/c1-15-6-4-7-16(12-15)13-22-19(24)18-9-8-17(14-21-18)20-10-5-11-23(2)3/h4,6-9,12,14,20H,5,10-11,13H2,1-3H3,(H,22,24). The Morgan fingerprint density at radius 3 is 2.71 bits per heavy atom. The van der Waals surface area contributed by atoms with Crippen LogP contribution in [0.1, 0.15) is 28.0 Å². The molecular formula is C19H26N4O. The zero-order valence-corrected chi connectivity index (χ0v) is 14.7. The van der Waals surface area contributed by atoms with E-state index in [1.807, 2.05) is 31.2 Å². The van der Waals surface area contributed by atoms with Crippen LogP contribution in [0.3, 0.4) is 0 Å². The molecule has 2 aromatic rings. The summed E-state index contributed by atoms with van der Waals surface area (Å²) in [5, 5.41) is 6.21. The van der Waals surface area contributed by atoms with Crippen molar-refractivity contribution in [3.63, 3.8) is 0 Å². The van der Waals surface area contributed by atoms with Gasteiger partial charge in [-0.3, -0.25) is 4.79 Å². The van der Waals surface area contributed by atoms with Gasteiger partial charge in [-0.25, -0.2) is 4.98 Å². The van der Waals surface area contributed by atoms with Crippen molar-refractivity contribution in [1.82, 2.24) is 15.2 Å². The van der Waals surface area contributed by atoms with E-state index in [9.17, 15) is 4.79 Å². The second-order valence-electron chi connectivity index (χ2n) is 6.19. The first-order chi connectivity index (χ1) is 11.5. The molecule has 0 spiro atoms. The Labute approximate surface area is 144 Å². The van der Waals surface area contributed by atoms with Gasteiger partial charge in [-0.1, -0.05) is 29.8 Å². The number of nitrogens with zero attached hydrogens (tertiary/aromatic N) is 2. The highest BCUT2D eigenvalue weighted by Crippen LogP contribution is 2.07. The third-order valence-corrected chi connectivity index (χ3v) is 3.64. The topological polar surface area (TPSA) is 57.3 Å². The number of aryl methyl sites for hydroxylation is 1. The molecule has 0 bridgehead atoms. The molecule has 24 heavy (non-hydrogen) atoms. The van der Waals surface area contributed by atoms with Gasteiger partial charge >= 0.3 is 0 Å². The Bertz CT molecular complexity index is 653. The predicted molar refractivity (Wildman–Crippen MR) is 98.2 cm³/mol. The number of rotatable bonds is 8. The van der Waals surface area contributed by atoms with Crippen molar-refractivity contribution >= 4 is 11.6 Å². The molecule has 1 amide bonds. The molecule has 0 saturated heterocycles. The molecule has 5 nitrogen and oxygen atoms in total. The van der Waals surface area contributed by atoms with Crippen molar-refractivity contribution in [2.24, 2.45) is 0 Å². The largest absolute Gasteiger partial charge is 0.384 e. The lowest BCUT2D eigenvalue weighted by atomic mass is 10.1. The van der Waals surface area contributed by atoms with Crippen molar-refractivity contribution in [1.29, 1.82) is 0 Å². The normalized spacial score (nSPS) is 10.7. The Morgan fingerprint density at radius 1 is 1.21 bits per heavy atom. The van der Waals surface area contributed by atoms with Gasteiger partial charge in [0.1, 0.15) is 5.69 Å². The van der Waals surface area contributed by atoms with E-state index in [1.54, 1.807) is 12.3 Å². The molecule has 0 aliphatic rings. The van der Waals surface area contributed by atoms with Gasteiger partial charge in [0.2, 0.25) is 0 Å². The molecule has 0 fully saturated rings. The highest BCUT2D eigenvalue weighted by atomic mass is 16.1. The molecule has 0 atom stereocenters. The quantitative estimate of drug-likeness (QED) is 0.732. The van der Waals surface area contributed by atoms with Crippen LogP contribution < -0.4 is 10.6 Å². The van der Waals surface area contributed by atoms with Crippen LogP contribution in [0.15, 0.2) is 42.6 Å². The zero-order chi connectivity index (χ0) is 17.4. The van der Waals surface area contributed by atoms with E-state index >= 15 is 0 Å². The van der Waals surface area contributed by atoms with Crippen LogP contribution in [0.2, 0.25) is 0 Å². The smallest absolute Gasteiger partial charge is 0.270 e. The summed E-state index contributed by atoms with van der Waals surface area (Å²) in [7, 11) is 4.12. The van der Waals surface area contributed by atoms with Gasteiger partial charge in [-0.05, 0) is 51.7 Å². The molecule has 0 unspecified atom stereocenters. The first-order valence-corrected chi connectivity index (χ1v) is 8.23. The molecule has 1 aromatic heterocycles. The van der Waals surface area contributed by atoms with Crippen molar-refractivity contribution in [3.05, 3.63) is 59.4 Å². The molecule has 1 aromatic carbocycles. The van der Waals surface area contributed by atoms with E-state index in [2.05, 4.69) is 40.7 Å². The zero-order valence-electron chi connectivity index (χ0n) is 14.7. The highest BCUT2D eigenvalue weighted by molar-refractivity contribution is 5.92. The van der Waals surface area contributed by atoms with Crippen LogP contribution in [0, 0.1) is 6.92 Å². The van der Waals surface area contributed by atoms with E-state index in [0.29, 0.717) is 12.2 Å². The summed E-state index contributed by atoms with van der Waals surface area (Å²) < 4.78 is 0. The summed E-state index contributed by atoms with van der Waals surface area (Å²) in [6.45, 7) is 4.47. The Kier molecular flexibility index (Phi) is 6.75. The number of hydrogen-bond donors (Lipinski definition) is 2. The van der Waals surface area contributed by atoms with E-state index < -0.39 is 0 Å². The summed E-state index contributed by atoms with van der Waals surface area (Å²) in [6, 6.07) is 11.7. The fourth-order valence-corrected chi connectivity index (χ4v) is 2.36. The summed E-state index contributed by atoms with van der Waals surface area (Å²) in [4.78, 5) is 18.5.